The Morgan fingerprint density at radius 2 is 1.83 bits per heavy atom. The van der Waals surface area contributed by atoms with Crippen LogP contribution >= 0.6 is 0 Å². The van der Waals surface area contributed by atoms with Gasteiger partial charge in [-0.15, -0.1) is 0 Å². The van der Waals surface area contributed by atoms with Crippen LogP contribution in [0.25, 0.3) is 10.9 Å². The topological polar surface area (TPSA) is 111 Å². The summed E-state index contributed by atoms with van der Waals surface area (Å²) in [5.74, 6) is -1.34. The van der Waals surface area contributed by atoms with E-state index in [9.17, 15) is 19.7 Å². The molecular formula is C21H19N3O5. The lowest BCUT2D eigenvalue weighted by Gasteiger charge is -2.12. The molecule has 1 heterocycles. The van der Waals surface area contributed by atoms with E-state index in [0.29, 0.717) is 22.4 Å². The largest absolute Gasteiger partial charge is 0.452 e. The summed E-state index contributed by atoms with van der Waals surface area (Å²) < 4.78 is 5.15. The number of hydrogen-bond donors (Lipinski definition) is 1. The van der Waals surface area contributed by atoms with Gasteiger partial charge in [0.25, 0.3) is 11.6 Å². The summed E-state index contributed by atoms with van der Waals surface area (Å²) in [6, 6.07) is 11.9. The van der Waals surface area contributed by atoms with Gasteiger partial charge < -0.3 is 10.1 Å². The van der Waals surface area contributed by atoms with E-state index in [-0.39, 0.29) is 11.4 Å². The molecule has 2 aromatic carbocycles. The number of fused-ring (bicyclic) bond motifs is 1. The fourth-order valence-electron chi connectivity index (χ4n) is 3.18. The van der Waals surface area contributed by atoms with Gasteiger partial charge in [0.15, 0.2) is 6.61 Å². The van der Waals surface area contributed by atoms with Gasteiger partial charge in [-0.25, -0.2) is 4.79 Å². The molecule has 0 atom stereocenters. The SMILES string of the molecule is Cc1cccc([N+](=O)[O-])c1NC(=O)COC(=O)c1c(C)nc2ccccc2c1C. The first-order chi connectivity index (χ1) is 13.8. The number of aromatic nitrogens is 1. The number of ether oxygens (including phenoxy) is 1. The maximum absolute atomic E-state index is 12.6. The number of aryl methyl sites for hydroxylation is 3. The Balaban J connectivity index is 1.76. The van der Waals surface area contributed by atoms with Crippen LogP contribution in [0.15, 0.2) is 42.5 Å². The number of anilines is 1. The minimum Gasteiger partial charge on any atom is -0.452 e. The molecular weight excluding hydrogens is 374 g/mol. The van der Waals surface area contributed by atoms with Crippen LogP contribution in [0.2, 0.25) is 0 Å². The summed E-state index contributed by atoms with van der Waals surface area (Å²) in [4.78, 5) is 39.8. The predicted molar refractivity (Wildman–Crippen MR) is 108 cm³/mol. The fourth-order valence-corrected chi connectivity index (χ4v) is 3.18. The van der Waals surface area contributed by atoms with Crippen LogP contribution in [-0.2, 0) is 9.53 Å². The average Bonchev–Trinajstić information content (AvgIpc) is 2.67. The summed E-state index contributed by atoms with van der Waals surface area (Å²) in [5, 5.41) is 14.4. The first-order valence-electron chi connectivity index (χ1n) is 8.86. The minimum atomic E-state index is -0.673. The monoisotopic (exact) mass is 393 g/mol. The number of carbonyl (C=O) groups is 2. The maximum Gasteiger partial charge on any atom is 0.340 e. The predicted octanol–water partition coefficient (Wildman–Crippen LogP) is 3.86. The van der Waals surface area contributed by atoms with Gasteiger partial charge in [-0.3, -0.25) is 19.9 Å². The molecule has 0 bridgehead atoms. The number of amides is 1. The van der Waals surface area contributed by atoms with Crippen LogP contribution in [0.3, 0.4) is 0 Å². The van der Waals surface area contributed by atoms with Crippen molar-refractivity contribution >= 4 is 34.2 Å². The van der Waals surface area contributed by atoms with Gasteiger partial charge in [0.1, 0.15) is 5.69 Å². The molecule has 0 aliphatic carbocycles. The van der Waals surface area contributed by atoms with Gasteiger partial charge in [0.2, 0.25) is 0 Å². The molecule has 0 spiro atoms. The van der Waals surface area contributed by atoms with Crippen molar-refractivity contribution in [3.63, 3.8) is 0 Å². The van der Waals surface area contributed by atoms with Crippen molar-refractivity contribution in [3.8, 4) is 0 Å². The normalized spacial score (nSPS) is 10.6. The molecule has 148 valence electrons. The zero-order valence-electron chi connectivity index (χ0n) is 16.2. The zero-order valence-corrected chi connectivity index (χ0v) is 16.2. The van der Waals surface area contributed by atoms with Crippen molar-refractivity contribution in [2.75, 3.05) is 11.9 Å². The zero-order chi connectivity index (χ0) is 21.1. The number of nitro benzene ring substituents is 1. The Hall–Kier alpha value is -3.81. The van der Waals surface area contributed by atoms with Crippen LogP contribution in [0, 0.1) is 30.9 Å². The highest BCUT2D eigenvalue weighted by molar-refractivity contribution is 6.00. The number of nitro groups is 1. The lowest BCUT2D eigenvalue weighted by Crippen LogP contribution is -2.22. The molecule has 8 nitrogen and oxygen atoms in total. The highest BCUT2D eigenvalue weighted by Gasteiger charge is 2.21. The van der Waals surface area contributed by atoms with E-state index in [1.165, 1.54) is 12.1 Å². The molecule has 0 aliphatic rings. The lowest BCUT2D eigenvalue weighted by atomic mass is 10.0. The van der Waals surface area contributed by atoms with Crippen molar-refractivity contribution in [2.24, 2.45) is 0 Å². The molecule has 1 aromatic heterocycles. The molecule has 0 radical (unpaired) electrons. The molecule has 1 amide bonds. The van der Waals surface area contributed by atoms with Gasteiger partial charge in [0.05, 0.1) is 21.7 Å². The highest BCUT2D eigenvalue weighted by Crippen LogP contribution is 2.27. The molecule has 29 heavy (non-hydrogen) atoms. The number of pyridine rings is 1. The molecule has 0 unspecified atom stereocenters. The van der Waals surface area contributed by atoms with Gasteiger partial charge >= 0.3 is 5.97 Å². The van der Waals surface area contributed by atoms with Crippen LogP contribution in [0.4, 0.5) is 11.4 Å². The van der Waals surface area contributed by atoms with Crippen molar-refractivity contribution < 1.29 is 19.2 Å². The number of rotatable bonds is 5. The van der Waals surface area contributed by atoms with E-state index in [0.717, 1.165) is 10.9 Å². The lowest BCUT2D eigenvalue weighted by molar-refractivity contribution is -0.384. The molecule has 1 N–H and O–H groups in total. The van der Waals surface area contributed by atoms with E-state index >= 15 is 0 Å². The molecule has 0 fully saturated rings. The third-order valence-corrected chi connectivity index (χ3v) is 4.58. The quantitative estimate of drug-likeness (QED) is 0.400. The van der Waals surface area contributed by atoms with E-state index < -0.39 is 23.4 Å². The Bertz CT molecular complexity index is 1140. The van der Waals surface area contributed by atoms with Gasteiger partial charge in [-0.2, -0.15) is 0 Å². The number of nitrogens with one attached hydrogen (secondary N) is 1. The van der Waals surface area contributed by atoms with E-state index in [1.54, 1.807) is 26.8 Å². The van der Waals surface area contributed by atoms with Crippen LogP contribution < -0.4 is 5.32 Å². The number of carbonyl (C=O) groups excluding carboxylic acids is 2. The molecule has 0 saturated carbocycles. The third kappa shape index (κ3) is 4.06. The van der Waals surface area contributed by atoms with Crippen molar-refractivity contribution in [1.29, 1.82) is 0 Å². The Morgan fingerprint density at radius 3 is 2.55 bits per heavy atom. The summed E-state index contributed by atoms with van der Waals surface area (Å²) in [6.07, 6.45) is 0. The molecule has 0 aliphatic heterocycles. The van der Waals surface area contributed by atoms with Gasteiger partial charge in [-0.1, -0.05) is 30.3 Å². The average molecular weight is 393 g/mol. The smallest absolute Gasteiger partial charge is 0.340 e. The van der Waals surface area contributed by atoms with E-state index in [4.69, 9.17) is 4.74 Å². The minimum absolute atomic E-state index is 0.0817. The standard InChI is InChI=1S/C21H19N3O5/c1-12-7-6-10-17(24(27)28)20(12)23-18(25)11-29-21(26)19-13(2)15-8-4-5-9-16(15)22-14(19)3/h4-10H,11H2,1-3H3,(H,23,25). The molecule has 8 heteroatoms. The molecule has 0 saturated heterocycles. The van der Waals surface area contributed by atoms with E-state index in [2.05, 4.69) is 10.3 Å². The second kappa shape index (κ2) is 8.05. The molecule has 3 aromatic rings. The third-order valence-electron chi connectivity index (χ3n) is 4.58. The fraction of sp³-hybridized carbons (Fsp3) is 0.190. The van der Waals surface area contributed by atoms with E-state index in [1.807, 2.05) is 24.3 Å². The second-order valence-electron chi connectivity index (χ2n) is 6.56. The number of benzene rings is 2. The van der Waals surface area contributed by atoms with Crippen molar-refractivity contribution in [3.05, 3.63) is 75.0 Å². The second-order valence-corrected chi connectivity index (χ2v) is 6.56. The number of nitrogens with zero attached hydrogens (tertiary/aromatic N) is 2. The van der Waals surface area contributed by atoms with Crippen LogP contribution in [0.1, 0.15) is 27.2 Å². The van der Waals surface area contributed by atoms with Gasteiger partial charge in [0, 0.05) is 11.5 Å². The van der Waals surface area contributed by atoms with Crippen molar-refractivity contribution in [2.45, 2.75) is 20.8 Å². The van der Waals surface area contributed by atoms with Crippen molar-refractivity contribution in [1.82, 2.24) is 4.98 Å². The summed E-state index contributed by atoms with van der Waals surface area (Å²) in [7, 11) is 0. The van der Waals surface area contributed by atoms with Crippen LogP contribution in [0.5, 0.6) is 0 Å². The number of para-hydroxylation sites is 2. The summed E-state index contributed by atoms with van der Waals surface area (Å²) >= 11 is 0. The summed E-state index contributed by atoms with van der Waals surface area (Å²) in [5.41, 5.74) is 2.67. The number of esters is 1. The Labute approximate surface area is 166 Å². The first kappa shape index (κ1) is 19.9. The Morgan fingerprint density at radius 1 is 1.10 bits per heavy atom. The summed E-state index contributed by atoms with van der Waals surface area (Å²) in [6.45, 7) is 4.56. The number of hydrogen-bond acceptors (Lipinski definition) is 6. The van der Waals surface area contributed by atoms with Gasteiger partial charge in [-0.05, 0) is 38.0 Å². The first-order valence-corrected chi connectivity index (χ1v) is 8.86. The Kier molecular flexibility index (Phi) is 5.54. The highest BCUT2D eigenvalue weighted by atomic mass is 16.6. The maximum atomic E-state index is 12.6. The molecule has 3 rings (SSSR count). The van der Waals surface area contributed by atoms with Crippen LogP contribution in [-0.4, -0.2) is 28.4 Å².